The van der Waals surface area contributed by atoms with Crippen LogP contribution in [0.2, 0.25) is 0 Å². The summed E-state index contributed by atoms with van der Waals surface area (Å²) in [6, 6.07) is 0. The molecule has 2 aliphatic heterocycles. The number of carbonyl (C=O) groups excluding carboxylic acids is 1. The molecular formula is C17H21N5OS2. The number of thiophene rings is 1. The molecule has 8 heteroatoms. The van der Waals surface area contributed by atoms with Gasteiger partial charge in [-0.05, 0) is 32.3 Å². The number of aliphatic imine (C=N–C) groups is 1. The molecule has 2 aliphatic rings. The molecule has 0 saturated carbocycles. The van der Waals surface area contributed by atoms with Crippen LogP contribution in [0.1, 0.15) is 23.3 Å². The Morgan fingerprint density at radius 1 is 1.28 bits per heavy atom. The number of amidine groups is 1. The Morgan fingerprint density at radius 2 is 2.08 bits per heavy atom. The quantitative estimate of drug-likeness (QED) is 0.874. The minimum absolute atomic E-state index is 0.0581. The second kappa shape index (κ2) is 6.92. The molecule has 1 N–H and O–H groups in total. The zero-order valence-electron chi connectivity index (χ0n) is 14.4. The van der Waals surface area contributed by atoms with E-state index in [4.69, 9.17) is 0 Å². The third-order valence-corrected chi connectivity index (χ3v) is 6.93. The molecule has 132 valence electrons. The summed E-state index contributed by atoms with van der Waals surface area (Å²) < 4.78 is 0. The van der Waals surface area contributed by atoms with Gasteiger partial charge in [0.1, 0.15) is 17.0 Å². The van der Waals surface area contributed by atoms with E-state index >= 15 is 0 Å². The third kappa shape index (κ3) is 3.25. The van der Waals surface area contributed by atoms with Crippen LogP contribution in [0.5, 0.6) is 0 Å². The number of hydrogen-bond acceptors (Lipinski definition) is 7. The first kappa shape index (κ1) is 16.8. The van der Waals surface area contributed by atoms with Gasteiger partial charge in [-0.25, -0.2) is 9.97 Å². The van der Waals surface area contributed by atoms with Gasteiger partial charge in [-0.1, -0.05) is 11.8 Å². The Bertz CT molecular complexity index is 839. The average Bonchev–Trinajstić information content (AvgIpc) is 3.23. The second-order valence-corrected chi connectivity index (χ2v) is 8.73. The molecule has 4 heterocycles. The fourth-order valence-corrected chi connectivity index (χ4v) is 5.10. The number of amides is 1. The molecule has 0 radical (unpaired) electrons. The topological polar surface area (TPSA) is 70.5 Å². The van der Waals surface area contributed by atoms with Crippen LogP contribution in [0.15, 0.2) is 11.3 Å². The number of anilines is 1. The second-order valence-electron chi connectivity index (χ2n) is 6.45. The van der Waals surface area contributed by atoms with E-state index in [2.05, 4.69) is 39.0 Å². The highest BCUT2D eigenvalue weighted by atomic mass is 32.2. The number of nitrogens with one attached hydrogen (secondary N) is 1. The average molecular weight is 376 g/mol. The lowest BCUT2D eigenvalue weighted by Gasteiger charge is -2.32. The third-order valence-electron chi connectivity index (χ3n) is 4.93. The van der Waals surface area contributed by atoms with Crippen LogP contribution in [0.25, 0.3) is 10.2 Å². The fourth-order valence-electron chi connectivity index (χ4n) is 3.38. The monoisotopic (exact) mass is 375 g/mol. The number of fused-ring (bicyclic) bond motifs is 1. The largest absolute Gasteiger partial charge is 0.356 e. The summed E-state index contributed by atoms with van der Waals surface area (Å²) in [6.45, 7) is 6.77. The van der Waals surface area contributed by atoms with Crippen molar-refractivity contribution in [3.8, 4) is 0 Å². The van der Waals surface area contributed by atoms with Crippen molar-refractivity contribution in [2.45, 2.75) is 26.7 Å². The van der Waals surface area contributed by atoms with Crippen LogP contribution < -0.4 is 10.2 Å². The Labute approximate surface area is 155 Å². The van der Waals surface area contributed by atoms with Gasteiger partial charge >= 0.3 is 0 Å². The van der Waals surface area contributed by atoms with E-state index < -0.39 is 0 Å². The van der Waals surface area contributed by atoms with Gasteiger partial charge in [0.25, 0.3) is 0 Å². The first-order valence-electron chi connectivity index (χ1n) is 8.57. The highest BCUT2D eigenvalue weighted by Gasteiger charge is 2.28. The van der Waals surface area contributed by atoms with Crippen molar-refractivity contribution in [2.24, 2.45) is 10.9 Å². The van der Waals surface area contributed by atoms with E-state index in [9.17, 15) is 4.79 Å². The molecule has 4 rings (SSSR count). The van der Waals surface area contributed by atoms with Gasteiger partial charge in [-0.2, -0.15) is 0 Å². The summed E-state index contributed by atoms with van der Waals surface area (Å²) in [5.41, 5.74) is 1.27. The van der Waals surface area contributed by atoms with Gasteiger partial charge in [0.05, 0.1) is 11.9 Å². The van der Waals surface area contributed by atoms with Crippen LogP contribution in [0, 0.1) is 19.8 Å². The van der Waals surface area contributed by atoms with E-state index in [1.807, 2.05) is 0 Å². The molecule has 2 aromatic rings. The summed E-state index contributed by atoms with van der Waals surface area (Å²) >= 11 is 3.35. The SMILES string of the molecule is Cc1sc2ncnc(N3CCC(C(=O)NC4=NCCS4)CC3)c2c1C. The molecule has 25 heavy (non-hydrogen) atoms. The molecule has 0 aromatic carbocycles. The van der Waals surface area contributed by atoms with E-state index in [0.29, 0.717) is 0 Å². The van der Waals surface area contributed by atoms with Crippen molar-refractivity contribution in [2.75, 3.05) is 30.3 Å². The Morgan fingerprint density at radius 3 is 2.80 bits per heavy atom. The summed E-state index contributed by atoms with van der Waals surface area (Å²) in [5, 5.41) is 4.93. The summed E-state index contributed by atoms with van der Waals surface area (Å²) in [6.07, 6.45) is 3.34. The predicted octanol–water partition coefficient (Wildman–Crippen LogP) is 2.74. The first-order valence-corrected chi connectivity index (χ1v) is 10.4. The van der Waals surface area contributed by atoms with Gasteiger partial charge < -0.3 is 10.2 Å². The molecule has 1 amide bonds. The maximum atomic E-state index is 12.4. The number of thioether (sulfide) groups is 1. The van der Waals surface area contributed by atoms with E-state index in [1.165, 1.54) is 15.8 Å². The molecule has 0 bridgehead atoms. The van der Waals surface area contributed by atoms with Gasteiger partial charge in [0.15, 0.2) is 5.17 Å². The van der Waals surface area contributed by atoms with Crippen molar-refractivity contribution >= 4 is 50.2 Å². The standard InChI is InChI=1S/C17H21N5OS2/c1-10-11(2)25-16-13(10)14(19-9-20-16)22-6-3-12(4-7-22)15(23)21-17-18-5-8-24-17/h9,12H,3-8H2,1-2H3,(H,18,21,23). The van der Waals surface area contributed by atoms with Crippen molar-refractivity contribution in [1.82, 2.24) is 15.3 Å². The maximum absolute atomic E-state index is 12.4. The number of carbonyl (C=O) groups is 1. The minimum Gasteiger partial charge on any atom is -0.356 e. The molecule has 0 atom stereocenters. The summed E-state index contributed by atoms with van der Waals surface area (Å²) in [7, 11) is 0. The van der Waals surface area contributed by atoms with Gasteiger partial charge in [0, 0.05) is 29.6 Å². The Balaban J connectivity index is 1.46. The fraction of sp³-hybridized carbons (Fsp3) is 0.529. The number of aromatic nitrogens is 2. The van der Waals surface area contributed by atoms with Crippen LogP contribution in [0.4, 0.5) is 5.82 Å². The smallest absolute Gasteiger partial charge is 0.229 e. The van der Waals surface area contributed by atoms with Crippen LogP contribution >= 0.6 is 23.1 Å². The van der Waals surface area contributed by atoms with Crippen LogP contribution in [-0.2, 0) is 4.79 Å². The van der Waals surface area contributed by atoms with E-state index in [-0.39, 0.29) is 11.8 Å². The molecule has 2 aromatic heterocycles. The van der Waals surface area contributed by atoms with Crippen LogP contribution in [-0.4, -0.2) is 46.4 Å². The first-order chi connectivity index (χ1) is 12.1. The predicted molar refractivity (Wildman–Crippen MR) is 105 cm³/mol. The number of piperidine rings is 1. The summed E-state index contributed by atoms with van der Waals surface area (Å²) in [5.74, 6) is 2.16. The highest BCUT2D eigenvalue weighted by molar-refractivity contribution is 8.14. The highest BCUT2D eigenvalue weighted by Crippen LogP contribution is 2.35. The van der Waals surface area contributed by atoms with Crippen molar-refractivity contribution < 1.29 is 4.79 Å². The van der Waals surface area contributed by atoms with Crippen molar-refractivity contribution in [1.29, 1.82) is 0 Å². The van der Waals surface area contributed by atoms with Gasteiger partial charge in [0.2, 0.25) is 5.91 Å². The molecule has 0 unspecified atom stereocenters. The number of rotatable bonds is 2. The lowest BCUT2D eigenvalue weighted by molar-refractivity contribution is -0.124. The Hall–Kier alpha value is -1.67. The molecule has 0 spiro atoms. The van der Waals surface area contributed by atoms with E-state index in [0.717, 1.165) is 54.0 Å². The van der Waals surface area contributed by atoms with Gasteiger partial charge in [-0.15, -0.1) is 11.3 Å². The normalized spacial score (nSPS) is 18.6. The molecular weight excluding hydrogens is 354 g/mol. The number of aryl methyl sites for hydroxylation is 2. The number of nitrogens with zero attached hydrogens (tertiary/aromatic N) is 4. The zero-order valence-corrected chi connectivity index (χ0v) is 16.0. The minimum atomic E-state index is 0.0581. The van der Waals surface area contributed by atoms with E-state index in [1.54, 1.807) is 29.4 Å². The van der Waals surface area contributed by atoms with Crippen molar-refractivity contribution in [3.05, 3.63) is 16.8 Å². The summed E-state index contributed by atoms with van der Waals surface area (Å²) in [4.78, 5) is 30.3. The number of hydrogen-bond donors (Lipinski definition) is 1. The molecule has 1 fully saturated rings. The molecule has 1 saturated heterocycles. The van der Waals surface area contributed by atoms with Crippen LogP contribution in [0.3, 0.4) is 0 Å². The maximum Gasteiger partial charge on any atom is 0.229 e. The lowest BCUT2D eigenvalue weighted by Crippen LogP contribution is -2.42. The zero-order chi connectivity index (χ0) is 17.4. The lowest BCUT2D eigenvalue weighted by atomic mass is 9.96. The Kier molecular flexibility index (Phi) is 4.64. The van der Waals surface area contributed by atoms with Crippen molar-refractivity contribution in [3.63, 3.8) is 0 Å². The molecule has 0 aliphatic carbocycles. The molecule has 6 nitrogen and oxygen atoms in total. The van der Waals surface area contributed by atoms with Gasteiger partial charge in [-0.3, -0.25) is 9.79 Å².